The number of aromatic nitrogens is 2. The van der Waals surface area contributed by atoms with E-state index in [1.165, 1.54) is 25.7 Å². The van der Waals surface area contributed by atoms with E-state index in [4.69, 9.17) is 4.74 Å². The van der Waals surface area contributed by atoms with Crippen molar-refractivity contribution in [3.63, 3.8) is 0 Å². The zero-order chi connectivity index (χ0) is 12.5. The molecule has 0 bridgehead atoms. The first-order valence-electron chi connectivity index (χ1n) is 6.42. The number of hydrogen-bond donors (Lipinski definition) is 0. The van der Waals surface area contributed by atoms with Gasteiger partial charge in [0.2, 0.25) is 5.88 Å². The van der Waals surface area contributed by atoms with Crippen LogP contribution < -0.4 is 4.74 Å². The Bertz CT molecular complexity index is 331. The van der Waals surface area contributed by atoms with E-state index in [1.807, 2.05) is 13.0 Å². The molecule has 1 aromatic rings. The second-order valence-corrected chi connectivity index (χ2v) is 4.87. The molecule has 0 N–H and O–H groups in total. The van der Waals surface area contributed by atoms with Gasteiger partial charge in [-0.3, -0.25) is 0 Å². The van der Waals surface area contributed by atoms with Crippen molar-refractivity contribution in [2.45, 2.75) is 52.4 Å². The molecular formula is C13H21BrN2O. The lowest BCUT2D eigenvalue weighted by Crippen LogP contribution is -2.02. The van der Waals surface area contributed by atoms with Gasteiger partial charge in [-0.25, -0.2) is 4.98 Å². The molecule has 0 fully saturated rings. The molecule has 0 saturated heterocycles. The predicted molar refractivity (Wildman–Crippen MR) is 73.4 cm³/mol. The lowest BCUT2D eigenvalue weighted by molar-refractivity contribution is 0.291. The van der Waals surface area contributed by atoms with Crippen molar-refractivity contribution < 1.29 is 4.74 Å². The number of aryl methyl sites for hydroxylation is 1. The third-order valence-corrected chi connectivity index (χ3v) is 2.94. The van der Waals surface area contributed by atoms with Crippen LogP contribution >= 0.6 is 15.9 Å². The van der Waals surface area contributed by atoms with Gasteiger partial charge in [-0.15, -0.1) is 0 Å². The first-order valence-corrected chi connectivity index (χ1v) is 7.21. The van der Waals surface area contributed by atoms with Crippen molar-refractivity contribution in [3.05, 3.63) is 16.5 Å². The summed E-state index contributed by atoms with van der Waals surface area (Å²) in [5.41, 5.74) is 0. The number of rotatable bonds is 8. The van der Waals surface area contributed by atoms with E-state index in [0.717, 1.165) is 29.9 Å². The van der Waals surface area contributed by atoms with Crippen molar-refractivity contribution in [1.29, 1.82) is 0 Å². The molecule has 0 aliphatic heterocycles. The highest BCUT2D eigenvalue weighted by Gasteiger charge is 2.02. The zero-order valence-corrected chi connectivity index (χ0v) is 12.3. The Morgan fingerprint density at radius 1 is 1.12 bits per heavy atom. The van der Waals surface area contributed by atoms with E-state index in [9.17, 15) is 0 Å². The molecule has 0 radical (unpaired) electrons. The van der Waals surface area contributed by atoms with Crippen molar-refractivity contribution in [2.75, 3.05) is 6.61 Å². The van der Waals surface area contributed by atoms with Crippen molar-refractivity contribution in [3.8, 4) is 5.88 Å². The molecular weight excluding hydrogens is 280 g/mol. The van der Waals surface area contributed by atoms with Crippen molar-refractivity contribution >= 4 is 15.9 Å². The monoisotopic (exact) mass is 300 g/mol. The second kappa shape index (κ2) is 8.45. The van der Waals surface area contributed by atoms with Crippen molar-refractivity contribution in [2.24, 2.45) is 0 Å². The highest BCUT2D eigenvalue weighted by molar-refractivity contribution is 9.10. The molecule has 0 saturated carbocycles. The smallest absolute Gasteiger partial charge is 0.217 e. The molecule has 1 heterocycles. The number of halogens is 1. The minimum atomic E-state index is 0.680. The summed E-state index contributed by atoms with van der Waals surface area (Å²) in [5, 5.41) is 0. The third-order valence-electron chi connectivity index (χ3n) is 2.53. The van der Waals surface area contributed by atoms with Gasteiger partial charge in [-0.1, -0.05) is 39.5 Å². The summed E-state index contributed by atoms with van der Waals surface area (Å²) < 4.78 is 6.43. The Balaban J connectivity index is 2.28. The summed E-state index contributed by atoms with van der Waals surface area (Å²) in [6, 6.07) is 1.82. The van der Waals surface area contributed by atoms with Gasteiger partial charge in [0.15, 0.2) is 0 Å². The third kappa shape index (κ3) is 6.01. The lowest BCUT2D eigenvalue weighted by Gasteiger charge is -2.06. The molecule has 0 spiro atoms. The van der Waals surface area contributed by atoms with Gasteiger partial charge in [-0.05, 0) is 22.4 Å². The summed E-state index contributed by atoms with van der Waals surface area (Å²) in [6.07, 6.45) is 7.06. The molecule has 0 aliphatic rings. The van der Waals surface area contributed by atoms with E-state index in [-0.39, 0.29) is 0 Å². The summed E-state index contributed by atoms with van der Waals surface area (Å²) in [6.45, 7) is 5.01. The van der Waals surface area contributed by atoms with Crippen LogP contribution in [0.5, 0.6) is 5.88 Å². The van der Waals surface area contributed by atoms with Crippen molar-refractivity contribution in [1.82, 2.24) is 9.97 Å². The van der Waals surface area contributed by atoms with Crippen LogP contribution in [-0.2, 0) is 6.42 Å². The van der Waals surface area contributed by atoms with E-state index in [2.05, 4.69) is 32.8 Å². The summed E-state index contributed by atoms with van der Waals surface area (Å²) in [7, 11) is 0. The molecule has 0 amide bonds. The molecule has 0 atom stereocenters. The minimum Gasteiger partial charge on any atom is -0.478 e. The lowest BCUT2D eigenvalue weighted by atomic mass is 10.2. The van der Waals surface area contributed by atoms with Gasteiger partial charge < -0.3 is 4.74 Å². The number of unbranched alkanes of at least 4 members (excludes halogenated alkanes) is 4. The fourth-order valence-electron chi connectivity index (χ4n) is 1.56. The van der Waals surface area contributed by atoms with Crippen LogP contribution in [0.25, 0.3) is 0 Å². The Kier molecular flexibility index (Phi) is 7.17. The van der Waals surface area contributed by atoms with Gasteiger partial charge in [-0.2, -0.15) is 4.98 Å². The van der Waals surface area contributed by atoms with Crippen LogP contribution in [0.3, 0.4) is 0 Å². The minimum absolute atomic E-state index is 0.680. The van der Waals surface area contributed by atoms with Crippen LogP contribution in [0, 0.1) is 0 Å². The Hall–Kier alpha value is -0.640. The molecule has 1 rings (SSSR count). The van der Waals surface area contributed by atoms with Crippen LogP contribution in [0.2, 0.25) is 0 Å². The molecule has 0 aromatic carbocycles. The maximum absolute atomic E-state index is 5.63. The molecule has 0 aliphatic carbocycles. The van der Waals surface area contributed by atoms with E-state index in [1.54, 1.807) is 0 Å². The summed E-state index contributed by atoms with van der Waals surface area (Å²) in [5.74, 6) is 1.50. The van der Waals surface area contributed by atoms with Gasteiger partial charge in [0.25, 0.3) is 0 Å². The zero-order valence-electron chi connectivity index (χ0n) is 10.7. The predicted octanol–water partition coefficient (Wildman–Crippen LogP) is 4.15. The largest absolute Gasteiger partial charge is 0.478 e. The molecule has 96 valence electrons. The van der Waals surface area contributed by atoms with Crippen LogP contribution in [0.15, 0.2) is 10.7 Å². The molecule has 1 aromatic heterocycles. The molecule has 4 heteroatoms. The normalized spacial score (nSPS) is 10.5. The van der Waals surface area contributed by atoms with Crippen LogP contribution in [0.4, 0.5) is 0 Å². The highest BCUT2D eigenvalue weighted by atomic mass is 79.9. The van der Waals surface area contributed by atoms with E-state index >= 15 is 0 Å². The first-order chi connectivity index (χ1) is 8.26. The maximum atomic E-state index is 5.63. The van der Waals surface area contributed by atoms with Crippen LogP contribution in [-0.4, -0.2) is 16.6 Å². The molecule has 17 heavy (non-hydrogen) atoms. The Morgan fingerprint density at radius 3 is 2.59 bits per heavy atom. The molecule has 0 unspecified atom stereocenters. The Morgan fingerprint density at radius 2 is 1.88 bits per heavy atom. The quantitative estimate of drug-likeness (QED) is 0.534. The average Bonchev–Trinajstić information content (AvgIpc) is 2.33. The molecule has 3 nitrogen and oxygen atoms in total. The average molecular weight is 301 g/mol. The van der Waals surface area contributed by atoms with E-state index < -0.39 is 0 Å². The number of hydrogen-bond acceptors (Lipinski definition) is 3. The highest BCUT2D eigenvalue weighted by Crippen LogP contribution is 2.15. The fourth-order valence-corrected chi connectivity index (χ4v) is 1.96. The summed E-state index contributed by atoms with van der Waals surface area (Å²) in [4.78, 5) is 8.57. The Labute approximate surface area is 112 Å². The maximum Gasteiger partial charge on any atom is 0.217 e. The van der Waals surface area contributed by atoms with Gasteiger partial charge in [0.1, 0.15) is 10.4 Å². The second-order valence-electron chi connectivity index (χ2n) is 4.06. The fraction of sp³-hybridized carbons (Fsp3) is 0.692. The SMILES string of the molecule is CCCCCCCOc1cc(Br)nc(CC)n1. The first kappa shape index (κ1) is 14.4. The van der Waals surface area contributed by atoms with Gasteiger partial charge in [0.05, 0.1) is 6.61 Å². The van der Waals surface area contributed by atoms with Gasteiger partial charge >= 0.3 is 0 Å². The van der Waals surface area contributed by atoms with Gasteiger partial charge in [0, 0.05) is 12.5 Å². The topological polar surface area (TPSA) is 35.0 Å². The number of nitrogens with zero attached hydrogens (tertiary/aromatic N) is 2. The summed E-state index contributed by atoms with van der Waals surface area (Å²) >= 11 is 3.37. The number of ether oxygens (including phenoxy) is 1. The standard InChI is InChI=1S/C13H21BrN2O/c1-3-5-6-7-8-9-17-13-10-11(14)15-12(4-2)16-13/h10H,3-9H2,1-2H3. The van der Waals surface area contributed by atoms with E-state index in [0.29, 0.717) is 5.88 Å². The van der Waals surface area contributed by atoms with Crippen LogP contribution in [0.1, 0.15) is 51.8 Å².